The van der Waals surface area contributed by atoms with Crippen molar-refractivity contribution in [3.63, 3.8) is 0 Å². The van der Waals surface area contributed by atoms with Crippen LogP contribution in [-0.2, 0) is 4.79 Å². The van der Waals surface area contributed by atoms with E-state index >= 15 is 0 Å². The van der Waals surface area contributed by atoms with Gasteiger partial charge < -0.3 is 16.2 Å². The molecule has 0 radical (unpaired) electrons. The fraction of sp³-hybridized carbons (Fsp3) is 0.917. The highest BCUT2D eigenvalue weighted by molar-refractivity contribution is 5.83. The zero-order chi connectivity index (χ0) is 11.6. The highest BCUT2D eigenvalue weighted by Crippen LogP contribution is 2.40. The summed E-state index contributed by atoms with van der Waals surface area (Å²) in [7, 11) is 0. The summed E-state index contributed by atoms with van der Waals surface area (Å²) >= 11 is 0. The van der Waals surface area contributed by atoms with E-state index in [1.807, 2.05) is 0 Å². The molecule has 0 aromatic carbocycles. The van der Waals surface area contributed by atoms with Crippen LogP contribution in [0.4, 0.5) is 0 Å². The van der Waals surface area contributed by atoms with Gasteiger partial charge in [-0.05, 0) is 38.0 Å². The molecular formula is C12H22N2O2. The molecule has 4 N–H and O–H groups in total. The summed E-state index contributed by atoms with van der Waals surface area (Å²) in [5.74, 6) is 0.580. The molecule has 1 amide bonds. The molecule has 0 aliphatic heterocycles. The fourth-order valence-electron chi connectivity index (χ4n) is 2.79. The number of rotatable bonds is 4. The molecule has 2 aliphatic rings. The van der Waals surface area contributed by atoms with Gasteiger partial charge in [-0.15, -0.1) is 0 Å². The number of carbonyl (C=O) groups is 1. The van der Waals surface area contributed by atoms with Crippen molar-refractivity contribution in [3.05, 3.63) is 0 Å². The quantitative estimate of drug-likeness (QED) is 0.649. The fourth-order valence-corrected chi connectivity index (χ4v) is 2.79. The van der Waals surface area contributed by atoms with E-state index in [9.17, 15) is 9.90 Å². The normalized spacial score (nSPS) is 32.1. The summed E-state index contributed by atoms with van der Waals surface area (Å²) in [6, 6.07) is 0. The second-order valence-corrected chi connectivity index (χ2v) is 5.38. The van der Waals surface area contributed by atoms with E-state index in [1.54, 1.807) is 0 Å². The van der Waals surface area contributed by atoms with Crippen molar-refractivity contribution < 1.29 is 9.90 Å². The van der Waals surface area contributed by atoms with E-state index in [-0.39, 0.29) is 17.4 Å². The largest absolute Gasteiger partial charge is 0.393 e. The lowest BCUT2D eigenvalue weighted by Gasteiger charge is -2.39. The van der Waals surface area contributed by atoms with Crippen molar-refractivity contribution in [2.75, 3.05) is 13.1 Å². The SMILES string of the molecule is NCC1(C(=O)NCC2CCC(O)C2)CCC1. The predicted molar refractivity (Wildman–Crippen MR) is 61.7 cm³/mol. The minimum atomic E-state index is -0.267. The Balaban J connectivity index is 1.75. The van der Waals surface area contributed by atoms with Gasteiger partial charge in [0.1, 0.15) is 0 Å². The molecule has 2 saturated carbocycles. The maximum Gasteiger partial charge on any atom is 0.227 e. The second kappa shape index (κ2) is 4.72. The van der Waals surface area contributed by atoms with Crippen molar-refractivity contribution >= 4 is 5.91 Å². The van der Waals surface area contributed by atoms with Crippen LogP contribution in [0.2, 0.25) is 0 Å². The Bertz CT molecular complexity index is 258. The number of hydrogen-bond donors (Lipinski definition) is 3. The van der Waals surface area contributed by atoms with Gasteiger partial charge in [0.25, 0.3) is 0 Å². The Kier molecular flexibility index (Phi) is 3.50. The molecule has 92 valence electrons. The van der Waals surface area contributed by atoms with Gasteiger partial charge in [0.15, 0.2) is 0 Å². The van der Waals surface area contributed by atoms with E-state index in [0.29, 0.717) is 19.0 Å². The third kappa shape index (κ3) is 2.23. The van der Waals surface area contributed by atoms with Crippen molar-refractivity contribution in [1.29, 1.82) is 0 Å². The van der Waals surface area contributed by atoms with Crippen LogP contribution in [0, 0.1) is 11.3 Å². The first kappa shape index (κ1) is 11.9. The van der Waals surface area contributed by atoms with Gasteiger partial charge in [0.05, 0.1) is 11.5 Å². The molecule has 4 nitrogen and oxygen atoms in total. The number of nitrogens with one attached hydrogen (secondary N) is 1. The molecule has 2 fully saturated rings. The van der Waals surface area contributed by atoms with Gasteiger partial charge in [0, 0.05) is 13.1 Å². The average molecular weight is 226 g/mol. The molecule has 2 rings (SSSR count). The minimum absolute atomic E-state index is 0.127. The molecule has 0 spiro atoms. The average Bonchev–Trinajstić information content (AvgIpc) is 2.60. The minimum Gasteiger partial charge on any atom is -0.393 e. The Morgan fingerprint density at radius 3 is 2.62 bits per heavy atom. The molecule has 0 aromatic rings. The predicted octanol–water partition coefficient (Wildman–Crippen LogP) is 0.393. The molecule has 0 saturated heterocycles. The monoisotopic (exact) mass is 226 g/mol. The lowest BCUT2D eigenvalue weighted by Crippen LogP contribution is -2.51. The van der Waals surface area contributed by atoms with E-state index in [4.69, 9.17) is 5.73 Å². The van der Waals surface area contributed by atoms with E-state index in [1.165, 1.54) is 0 Å². The second-order valence-electron chi connectivity index (χ2n) is 5.38. The number of carbonyl (C=O) groups excluding carboxylic acids is 1. The van der Waals surface area contributed by atoms with Crippen molar-refractivity contribution in [1.82, 2.24) is 5.32 Å². The van der Waals surface area contributed by atoms with Gasteiger partial charge >= 0.3 is 0 Å². The number of nitrogens with two attached hydrogens (primary N) is 1. The van der Waals surface area contributed by atoms with Gasteiger partial charge in [0.2, 0.25) is 5.91 Å². The lowest BCUT2D eigenvalue weighted by atomic mass is 9.68. The van der Waals surface area contributed by atoms with E-state index < -0.39 is 0 Å². The maximum atomic E-state index is 12.0. The summed E-state index contributed by atoms with van der Waals surface area (Å²) in [6.07, 6.45) is 5.56. The van der Waals surface area contributed by atoms with Crippen molar-refractivity contribution in [2.24, 2.45) is 17.1 Å². The van der Waals surface area contributed by atoms with Gasteiger partial charge in [-0.1, -0.05) is 6.42 Å². The molecule has 2 aliphatic carbocycles. The van der Waals surface area contributed by atoms with Crippen LogP contribution >= 0.6 is 0 Å². The first-order valence-corrected chi connectivity index (χ1v) is 6.33. The molecule has 4 heteroatoms. The van der Waals surface area contributed by atoms with E-state index in [2.05, 4.69) is 5.32 Å². The van der Waals surface area contributed by atoms with Crippen LogP contribution in [-0.4, -0.2) is 30.2 Å². The Morgan fingerprint density at radius 2 is 2.19 bits per heavy atom. The van der Waals surface area contributed by atoms with Crippen LogP contribution in [0.1, 0.15) is 38.5 Å². The Labute approximate surface area is 96.6 Å². The topological polar surface area (TPSA) is 75.4 Å². The number of aliphatic hydroxyl groups excluding tert-OH is 1. The number of hydrogen-bond acceptors (Lipinski definition) is 3. The number of amides is 1. The molecule has 2 atom stereocenters. The summed E-state index contributed by atoms with van der Waals surface area (Å²) in [4.78, 5) is 12.0. The smallest absolute Gasteiger partial charge is 0.227 e. The summed E-state index contributed by atoms with van der Waals surface area (Å²) in [5, 5.41) is 12.4. The van der Waals surface area contributed by atoms with Gasteiger partial charge in [-0.25, -0.2) is 0 Å². The maximum absolute atomic E-state index is 12.0. The molecular weight excluding hydrogens is 204 g/mol. The molecule has 16 heavy (non-hydrogen) atoms. The van der Waals surface area contributed by atoms with Crippen molar-refractivity contribution in [2.45, 2.75) is 44.6 Å². The lowest BCUT2D eigenvalue weighted by molar-refractivity contribution is -0.135. The zero-order valence-corrected chi connectivity index (χ0v) is 9.74. The summed E-state index contributed by atoms with van der Waals surface area (Å²) < 4.78 is 0. The van der Waals surface area contributed by atoms with Gasteiger partial charge in [-0.3, -0.25) is 4.79 Å². The van der Waals surface area contributed by atoms with Crippen molar-refractivity contribution in [3.8, 4) is 0 Å². The van der Waals surface area contributed by atoms with Gasteiger partial charge in [-0.2, -0.15) is 0 Å². The summed E-state index contributed by atoms with van der Waals surface area (Å²) in [5.41, 5.74) is 5.41. The van der Waals surface area contributed by atoms with E-state index in [0.717, 1.165) is 38.5 Å². The molecule has 0 heterocycles. The standard InChI is InChI=1S/C12H22N2O2/c13-8-12(4-1-5-12)11(16)14-7-9-2-3-10(15)6-9/h9-10,15H,1-8,13H2,(H,14,16). The van der Waals surface area contributed by atoms with Crippen LogP contribution < -0.4 is 11.1 Å². The molecule has 0 bridgehead atoms. The number of aliphatic hydroxyl groups is 1. The zero-order valence-electron chi connectivity index (χ0n) is 9.74. The molecule has 0 aromatic heterocycles. The van der Waals surface area contributed by atoms with Crippen LogP contribution in [0.25, 0.3) is 0 Å². The first-order valence-electron chi connectivity index (χ1n) is 6.33. The third-order valence-electron chi connectivity index (χ3n) is 4.25. The first-order chi connectivity index (χ1) is 7.66. The highest BCUT2D eigenvalue weighted by atomic mass is 16.3. The third-order valence-corrected chi connectivity index (χ3v) is 4.25. The highest BCUT2D eigenvalue weighted by Gasteiger charge is 2.42. The van der Waals surface area contributed by atoms with Crippen LogP contribution in [0.15, 0.2) is 0 Å². The summed E-state index contributed by atoms with van der Waals surface area (Å²) in [6.45, 7) is 1.17. The Hall–Kier alpha value is -0.610. The molecule has 2 unspecified atom stereocenters. The Morgan fingerprint density at radius 1 is 1.44 bits per heavy atom. The van der Waals surface area contributed by atoms with Crippen LogP contribution in [0.5, 0.6) is 0 Å². The van der Waals surface area contributed by atoms with Crippen LogP contribution in [0.3, 0.4) is 0 Å².